The number of aryl methyl sites for hydroxylation is 1. The van der Waals surface area contributed by atoms with Crippen LogP contribution >= 0.6 is 27.3 Å². The van der Waals surface area contributed by atoms with Gasteiger partial charge in [0.1, 0.15) is 0 Å². The first kappa shape index (κ1) is 16.7. The van der Waals surface area contributed by atoms with Gasteiger partial charge in [-0.1, -0.05) is 22.0 Å². The van der Waals surface area contributed by atoms with Gasteiger partial charge in [-0.15, -0.1) is 11.3 Å². The lowest BCUT2D eigenvalue weighted by Gasteiger charge is -2.21. The molecule has 0 spiro atoms. The molecular formula is C18H21BrN2OS. The number of amides is 1. The number of carbonyl (C=O) groups is 1. The molecule has 0 N–H and O–H groups in total. The van der Waals surface area contributed by atoms with Crippen molar-refractivity contribution in [3.63, 3.8) is 0 Å². The minimum atomic E-state index is 0.120. The summed E-state index contributed by atoms with van der Waals surface area (Å²) in [5.41, 5.74) is 3.74. The van der Waals surface area contributed by atoms with Crippen LogP contribution in [0, 0.1) is 6.92 Å². The quantitative estimate of drug-likeness (QED) is 0.785. The van der Waals surface area contributed by atoms with Crippen LogP contribution in [-0.4, -0.2) is 36.3 Å². The van der Waals surface area contributed by atoms with Crippen LogP contribution in [0.4, 0.5) is 0 Å². The molecule has 2 aromatic rings. The maximum atomic E-state index is 12.7. The van der Waals surface area contributed by atoms with Gasteiger partial charge < -0.3 is 9.80 Å². The van der Waals surface area contributed by atoms with E-state index in [0.29, 0.717) is 6.54 Å². The molecule has 0 saturated heterocycles. The number of halogens is 1. The molecule has 1 aliphatic rings. The van der Waals surface area contributed by atoms with Crippen LogP contribution in [0.15, 0.2) is 28.7 Å². The Morgan fingerprint density at radius 3 is 2.91 bits per heavy atom. The molecule has 122 valence electrons. The molecule has 0 radical (unpaired) electrons. The summed E-state index contributed by atoms with van der Waals surface area (Å²) >= 11 is 5.13. The van der Waals surface area contributed by atoms with E-state index in [1.165, 1.54) is 21.6 Å². The van der Waals surface area contributed by atoms with Crippen molar-refractivity contribution in [3.05, 3.63) is 55.2 Å². The lowest BCUT2D eigenvalue weighted by Crippen LogP contribution is -2.25. The molecule has 2 heterocycles. The summed E-state index contributed by atoms with van der Waals surface area (Å²) in [5, 5.41) is 0. The van der Waals surface area contributed by atoms with Crippen molar-refractivity contribution in [2.45, 2.75) is 26.4 Å². The third-order valence-corrected chi connectivity index (χ3v) is 5.99. The van der Waals surface area contributed by atoms with Crippen molar-refractivity contribution < 1.29 is 4.79 Å². The minimum Gasteiger partial charge on any atom is -0.337 e. The molecule has 1 aliphatic heterocycles. The van der Waals surface area contributed by atoms with Gasteiger partial charge >= 0.3 is 0 Å². The molecule has 1 aromatic carbocycles. The van der Waals surface area contributed by atoms with Crippen LogP contribution < -0.4 is 0 Å². The topological polar surface area (TPSA) is 23.6 Å². The maximum Gasteiger partial charge on any atom is 0.263 e. The lowest BCUT2D eigenvalue weighted by atomic mass is 10.1. The summed E-state index contributed by atoms with van der Waals surface area (Å²) in [7, 11) is 4.02. The highest BCUT2D eigenvalue weighted by molar-refractivity contribution is 9.10. The zero-order chi connectivity index (χ0) is 16.6. The predicted octanol–water partition coefficient (Wildman–Crippen LogP) is 4.08. The van der Waals surface area contributed by atoms with Crippen molar-refractivity contribution in [3.8, 4) is 0 Å². The van der Waals surface area contributed by atoms with E-state index in [1.807, 2.05) is 18.0 Å². The van der Waals surface area contributed by atoms with Crippen LogP contribution in [0.5, 0.6) is 0 Å². The molecular weight excluding hydrogens is 372 g/mol. The second-order valence-corrected chi connectivity index (χ2v) is 8.33. The minimum absolute atomic E-state index is 0.120. The Hall–Kier alpha value is -1.17. The number of hydrogen-bond acceptors (Lipinski definition) is 3. The molecule has 0 bridgehead atoms. The summed E-state index contributed by atoms with van der Waals surface area (Å²) < 4.78 is 1.07. The second kappa shape index (κ2) is 6.75. The zero-order valence-corrected chi connectivity index (χ0v) is 16.1. The summed E-state index contributed by atoms with van der Waals surface area (Å²) in [6.07, 6.45) is 1.05. The van der Waals surface area contributed by atoms with E-state index in [-0.39, 0.29) is 5.91 Å². The lowest BCUT2D eigenvalue weighted by molar-refractivity contribution is 0.0789. The van der Waals surface area contributed by atoms with E-state index in [0.717, 1.165) is 28.9 Å². The van der Waals surface area contributed by atoms with Crippen molar-refractivity contribution >= 4 is 33.2 Å². The number of likely N-dealkylation sites (N-methyl/N-ethyl adjacent to an activating group) is 1. The van der Waals surface area contributed by atoms with Gasteiger partial charge in [0.25, 0.3) is 5.91 Å². The molecule has 5 heteroatoms. The highest BCUT2D eigenvalue weighted by Gasteiger charge is 2.21. The number of hydrogen-bond donors (Lipinski definition) is 0. The molecule has 0 fully saturated rings. The molecule has 0 aliphatic carbocycles. The molecule has 1 aromatic heterocycles. The van der Waals surface area contributed by atoms with Gasteiger partial charge in [0, 0.05) is 36.0 Å². The van der Waals surface area contributed by atoms with Gasteiger partial charge in [-0.2, -0.15) is 0 Å². The molecule has 0 atom stereocenters. The largest absolute Gasteiger partial charge is 0.337 e. The van der Waals surface area contributed by atoms with Gasteiger partial charge in [0.2, 0.25) is 0 Å². The number of nitrogens with zero attached hydrogens (tertiary/aromatic N) is 2. The smallest absolute Gasteiger partial charge is 0.263 e. The number of fused-ring (bicyclic) bond motifs is 1. The molecule has 3 rings (SSSR count). The SMILES string of the molecule is Cc1cc(Br)ccc1CN(C)C(=O)c1cc2c(s1)CN(C)CC2. The van der Waals surface area contributed by atoms with Crippen LogP contribution in [-0.2, 0) is 19.5 Å². The van der Waals surface area contributed by atoms with Crippen molar-refractivity contribution in [2.75, 3.05) is 20.6 Å². The number of thiophene rings is 1. The number of rotatable bonds is 3. The number of carbonyl (C=O) groups excluding carboxylic acids is 1. The molecule has 23 heavy (non-hydrogen) atoms. The van der Waals surface area contributed by atoms with Crippen LogP contribution in [0.25, 0.3) is 0 Å². The Kier molecular flexibility index (Phi) is 4.90. The molecule has 1 amide bonds. The second-order valence-electron chi connectivity index (χ2n) is 6.28. The van der Waals surface area contributed by atoms with E-state index in [9.17, 15) is 4.79 Å². The van der Waals surface area contributed by atoms with Gasteiger partial charge in [-0.05, 0) is 55.3 Å². The zero-order valence-electron chi connectivity index (χ0n) is 13.7. The van der Waals surface area contributed by atoms with Crippen molar-refractivity contribution in [1.82, 2.24) is 9.80 Å². The Morgan fingerprint density at radius 2 is 2.17 bits per heavy atom. The third kappa shape index (κ3) is 3.67. The van der Waals surface area contributed by atoms with E-state index >= 15 is 0 Å². The highest BCUT2D eigenvalue weighted by atomic mass is 79.9. The average molecular weight is 393 g/mol. The maximum absolute atomic E-state index is 12.7. The Bertz CT molecular complexity index is 741. The van der Waals surface area contributed by atoms with Crippen molar-refractivity contribution in [2.24, 2.45) is 0 Å². The van der Waals surface area contributed by atoms with E-state index < -0.39 is 0 Å². The predicted molar refractivity (Wildman–Crippen MR) is 99.0 cm³/mol. The van der Waals surface area contributed by atoms with E-state index in [2.05, 4.69) is 53.0 Å². The Labute approximate surface area is 150 Å². The van der Waals surface area contributed by atoms with Gasteiger partial charge in [-0.3, -0.25) is 4.79 Å². The molecule has 0 saturated carbocycles. The van der Waals surface area contributed by atoms with E-state index in [4.69, 9.17) is 0 Å². The Balaban J connectivity index is 1.75. The van der Waals surface area contributed by atoms with Gasteiger partial charge in [0.05, 0.1) is 4.88 Å². The summed E-state index contributed by atoms with van der Waals surface area (Å²) in [6, 6.07) is 8.30. The number of benzene rings is 1. The molecule has 0 unspecified atom stereocenters. The summed E-state index contributed by atoms with van der Waals surface area (Å²) in [5.74, 6) is 0.120. The van der Waals surface area contributed by atoms with Crippen LogP contribution in [0.2, 0.25) is 0 Å². The monoisotopic (exact) mass is 392 g/mol. The average Bonchev–Trinajstić information content (AvgIpc) is 2.92. The van der Waals surface area contributed by atoms with E-state index in [1.54, 1.807) is 11.3 Å². The van der Waals surface area contributed by atoms with Gasteiger partial charge in [-0.25, -0.2) is 0 Å². The van der Waals surface area contributed by atoms with Crippen LogP contribution in [0.3, 0.4) is 0 Å². The van der Waals surface area contributed by atoms with Gasteiger partial charge in [0.15, 0.2) is 0 Å². The highest BCUT2D eigenvalue weighted by Crippen LogP contribution is 2.28. The first-order valence-corrected chi connectivity index (χ1v) is 9.35. The van der Waals surface area contributed by atoms with Crippen molar-refractivity contribution in [1.29, 1.82) is 0 Å². The fourth-order valence-corrected chi connectivity index (χ4v) is 4.67. The standard InChI is InChI=1S/C18H21BrN2OS/c1-12-8-15(19)5-4-14(12)10-21(3)18(22)16-9-13-6-7-20(2)11-17(13)23-16/h4-5,8-9H,6-7,10-11H2,1-3H3. The Morgan fingerprint density at radius 1 is 1.39 bits per heavy atom. The normalized spacial score (nSPS) is 14.6. The third-order valence-electron chi connectivity index (χ3n) is 4.34. The first-order valence-electron chi connectivity index (χ1n) is 7.74. The summed E-state index contributed by atoms with van der Waals surface area (Å²) in [4.78, 5) is 19.1. The first-order chi connectivity index (χ1) is 10.9. The van der Waals surface area contributed by atoms with Crippen LogP contribution in [0.1, 0.15) is 31.2 Å². The summed E-state index contributed by atoms with van der Waals surface area (Å²) in [6.45, 7) is 4.76. The fraction of sp³-hybridized carbons (Fsp3) is 0.389. The fourth-order valence-electron chi connectivity index (χ4n) is 2.90. The molecule has 3 nitrogen and oxygen atoms in total.